The first kappa shape index (κ1) is 16.5. The summed E-state index contributed by atoms with van der Waals surface area (Å²) in [7, 11) is 0. The zero-order valence-electron chi connectivity index (χ0n) is 13.7. The number of nitrogens with zero attached hydrogens (tertiary/aromatic N) is 2. The van der Waals surface area contributed by atoms with Crippen LogP contribution in [0.4, 0.5) is 0 Å². The molecule has 0 aromatic rings. The smallest absolute Gasteiger partial charge is 0.237 e. The number of likely N-dealkylation sites (tertiary alicyclic amines) is 1. The number of likely N-dealkylation sites (N-methyl/N-ethyl adjacent to an activating group) is 1. The van der Waals surface area contributed by atoms with Crippen LogP contribution in [0.3, 0.4) is 0 Å². The highest BCUT2D eigenvalue weighted by Gasteiger charge is 2.29. The minimum atomic E-state index is 0.248. The van der Waals surface area contributed by atoms with E-state index in [4.69, 9.17) is 0 Å². The Morgan fingerprint density at radius 3 is 2.57 bits per heavy atom. The monoisotopic (exact) mass is 293 g/mol. The Labute approximate surface area is 129 Å². The minimum absolute atomic E-state index is 0.248. The van der Waals surface area contributed by atoms with Crippen molar-refractivity contribution < 1.29 is 4.79 Å². The topological polar surface area (TPSA) is 35.6 Å². The zero-order chi connectivity index (χ0) is 15.2. The van der Waals surface area contributed by atoms with Gasteiger partial charge < -0.3 is 10.2 Å². The highest BCUT2D eigenvalue weighted by molar-refractivity contribution is 5.78. The highest BCUT2D eigenvalue weighted by atomic mass is 16.2. The van der Waals surface area contributed by atoms with Crippen LogP contribution in [0.15, 0.2) is 12.2 Å². The van der Waals surface area contributed by atoms with Gasteiger partial charge in [-0.1, -0.05) is 12.2 Å². The summed E-state index contributed by atoms with van der Waals surface area (Å²) in [6.07, 6.45) is 5.14. The summed E-state index contributed by atoms with van der Waals surface area (Å²) in [5.41, 5.74) is 1.05. The van der Waals surface area contributed by atoms with Crippen LogP contribution in [0.2, 0.25) is 0 Å². The molecule has 2 aliphatic rings. The molecule has 4 heteroatoms. The van der Waals surface area contributed by atoms with Crippen LogP contribution in [0.25, 0.3) is 0 Å². The Hall–Kier alpha value is -0.870. The second kappa shape index (κ2) is 7.95. The van der Waals surface area contributed by atoms with Gasteiger partial charge in [-0.25, -0.2) is 0 Å². The van der Waals surface area contributed by atoms with E-state index in [2.05, 4.69) is 16.8 Å². The lowest BCUT2D eigenvalue weighted by molar-refractivity contribution is -0.132. The Kier molecular flexibility index (Phi) is 6.24. The summed E-state index contributed by atoms with van der Waals surface area (Å²) in [4.78, 5) is 16.6. The molecule has 0 aliphatic carbocycles. The minimum Gasteiger partial charge on any atom is -0.338 e. The van der Waals surface area contributed by atoms with E-state index in [1.165, 1.54) is 32.2 Å². The van der Waals surface area contributed by atoms with Gasteiger partial charge in [0.2, 0.25) is 5.91 Å². The molecule has 2 aliphatic heterocycles. The molecule has 1 unspecified atom stereocenters. The van der Waals surface area contributed by atoms with Crippen LogP contribution in [0.1, 0.15) is 39.5 Å². The van der Waals surface area contributed by atoms with Gasteiger partial charge in [0.25, 0.3) is 0 Å². The molecule has 2 heterocycles. The van der Waals surface area contributed by atoms with Gasteiger partial charge in [0.1, 0.15) is 0 Å². The Morgan fingerprint density at radius 2 is 2.05 bits per heavy atom. The average molecular weight is 293 g/mol. The summed E-state index contributed by atoms with van der Waals surface area (Å²) in [6, 6.07) is 0.735. The van der Waals surface area contributed by atoms with Crippen molar-refractivity contribution in [3.8, 4) is 0 Å². The third kappa shape index (κ3) is 4.82. The molecule has 0 saturated carbocycles. The second-order valence-electron chi connectivity index (χ2n) is 6.68. The van der Waals surface area contributed by atoms with Crippen molar-refractivity contribution in [1.29, 1.82) is 0 Å². The van der Waals surface area contributed by atoms with Crippen molar-refractivity contribution in [3.63, 3.8) is 0 Å². The Balaban J connectivity index is 1.74. The van der Waals surface area contributed by atoms with Crippen molar-refractivity contribution in [1.82, 2.24) is 15.1 Å². The molecule has 120 valence electrons. The molecular weight excluding hydrogens is 262 g/mol. The first-order valence-corrected chi connectivity index (χ1v) is 8.48. The maximum Gasteiger partial charge on any atom is 0.237 e. The van der Waals surface area contributed by atoms with E-state index in [9.17, 15) is 4.79 Å². The lowest BCUT2D eigenvalue weighted by Gasteiger charge is -2.35. The first-order valence-electron chi connectivity index (χ1n) is 8.48. The molecule has 2 saturated heterocycles. The SMILES string of the molecule is C=C(C)CN(CC)C(=O)CN1CCC(C2CCCN2)CC1. The van der Waals surface area contributed by atoms with Gasteiger partial charge >= 0.3 is 0 Å². The molecule has 0 bridgehead atoms. The fourth-order valence-electron chi connectivity index (χ4n) is 3.62. The maximum atomic E-state index is 12.3. The maximum absolute atomic E-state index is 12.3. The molecule has 0 aromatic heterocycles. The number of piperidine rings is 1. The molecular formula is C17H31N3O. The van der Waals surface area contributed by atoms with Crippen LogP contribution < -0.4 is 5.32 Å². The molecule has 0 radical (unpaired) electrons. The molecule has 1 N–H and O–H groups in total. The lowest BCUT2D eigenvalue weighted by atomic mass is 9.88. The number of carbonyl (C=O) groups excluding carboxylic acids is 1. The summed E-state index contributed by atoms with van der Waals surface area (Å²) >= 11 is 0. The van der Waals surface area contributed by atoms with E-state index in [-0.39, 0.29) is 5.91 Å². The van der Waals surface area contributed by atoms with Gasteiger partial charge in [-0.2, -0.15) is 0 Å². The van der Waals surface area contributed by atoms with Crippen LogP contribution in [0, 0.1) is 5.92 Å². The number of amides is 1. The molecule has 0 aromatic carbocycles. The Morgan fingerprint density at radius 1 is 1.33 bits per heavy atom. The van der Waals surface area contributed by atoms with Gasteiger partial charge in [0.15, 0.2) is 0 Å². The number of carbonyl (C=O) groups is 1. The number of nitrogens with one attached hydrogen (secondary N) is 1. The van der Waals surface area contributed by atoms with Crippen molar-refractivity contribution >= 4 is 5.91 Å². The zero-order valence-corrected chi connectivity index (χ0v) is 13.7. The van der Waals surface area contributed by atoms with Gasteiger partial charge in [-0.05, 0) is 65.1 Å². The number of hydrogen-bond acceptors (Lipinski definition) is 3. The molecule has 2 fully saturated rings. The van der Waals surface area contributed by atoms with E-state index in [0.717, 1.165) is 37.2 Å². The summed E-state index contributed by atoms with van der Waals surface area (Å²) < 4.78 is 0. The van der Waals surface area contributed by atoms with Crippen LogP contribution in [-0.4, -0.2) is 61.0 Å². The van der Waals surface area contributed by atoms with Crippen molar-refractivity contribution in [2.75, 3.05) is 39.3 Å². The van der Waals surface area contributed by atoms with Crippen LogP contribution in [0.5, 0.6) is 0 Å². The van der Waals surface area contributed by atoms with Crippen LogP contribution in [-0.2, 0) is 4.79 Å². The van der Waals surface area contributed by atoms with E-state index in [1.807, 2.05) is 18.7 Å². The molecule has 1 amide bonds. The quantitative estimate of drug-likeness (QED) is 0.760. The summed E-state index contributed by atoms with van der Waals surface area (Å²) in [5, 5.41) is 3.63. The van der Waals surface area contributed by atoms with Gasteiger partial charge in [0.05, 0.1) is 6.54 Å². The Bertz CT molecular complexity index is 355. The summed E-state index contributed by atoms with van der Waals surface area (Å²) in [6.45, 7) is 13.3. The van der Waals surface area contributed by atoms with E-state index < -0.39 is 0 Å². The van der Waals surface area contributed by atoms with Crippen LogP contribution >= 0.6 is 0 Å². The van der Waals surface area contributed by atoms with Crippen molar-refractivity contribution in [3.05, 3.63) is 12.2 Å². The standard InChI is InChI=1S/C17H31N3O/c1-4-20(12-14(2)3)17(21)13-19-10-7-15(8-11-19)16-6-5-9-18-16/h15-16,18H,2,4-13H2,1,3H3. The predicted molar refractivity (Wildman–Crippen MR) is 87.3 cm³/mol. The molecule has 1 atom stereocenters. The van der Waals surface area contributed by atoms with Crippen molar-refractivity contribution in [2.45, 2.75) is 45.6 Å². The largest absolute Gasteiger partial charge is 0.338 e. The van der Waals surface area contributed by atoms with E-state index in [0.29, 0.717) is 13.1 Å². The second-order valence-corrected chi connectivity index (χ2v) is 6.68. The van der Waals surface area contributed by atoms with Gasteiger partial charge in [0, 0.05) is 19.1 Å². The van der Waals surface area contributed by atoms with Gasteiger partial charge in [-0.15, -0.1) is 0 Å². The average Bonchev–Trinajstić information content (AvgIpc) is 2.99. The highest BCUT2D eigenvalue weighted by Crippen LogP contribution is 2.25. The summed E-state index contributed by atoms with van der Waals surface area (Å²) in [5.74, 6) is 1.06. The third-order valence-corrected chi connectivity index (χ3v) is 4.85. The molecule has 4 nitrogen and oxygen atoms in total. The normalized spacial score (nSPS) is 24.2. The fraction of sp³-hybridized carbons (Fsp3) is 0.824. The first-order chi connectivity index (χ1) is 10.1. The van der Waals surface area contributed by atoms with E-state index in [1.54, 1.807) is 0 Å². The predicted octanol–water partition coefficient (Wildman–Crippen LogP) is 1.87. The van der Waals surface area contributed by atoms with E-state index >= 15 is 0 Å². The lowest BCUT2D eigenvalue weighted by Crippen LogP contribution is -2.46. The molecule has 0 spiro atoms. The molecule has 21 heavy (non-hydrogen) atoms. The number of hydrogen-bond donors (Lipinski definition) is 1. The van der Waals surface area contributed by atoms with Crippen molar-refractivity contribution in [2.24, 2.45) is 5.92 Å². The fourth-order valence-corrected chi connectivity index (χ4v) is 3.62. The third-order valence-electron chi connectivity index (χ3n) is 4.85. The van der Waals surface area contributed by atoms with Gasteiger partial charge in [-0.3, -0.25) is 9.69 Å². The molecule has 2 rings (SSSR count). The number of rotatable bonds is 6.